The third kappa shape index (κ3) is 4.48. The summed E-state index contributed by atoms with van der Waals surface area (Å²) in [5.41, 5.74) is -1.35. The number of benzene rings is 2. The lowest BCUT2D eigenvalue weighted by Gasteiger charge is -2.21. The Morgan fingerprint density at radius 1 is 1.06 bits per heavy atom. The fraction of sp³-hybridized carbons (Fsp3) is 0.208. The molecule has 2 heterocycles. The van der Waals surface area contributed by atoms with Crippen LogP contribution in [0.5, 0.6) is 0 Å². The van der Waals surface area contributed by atoms with E-state index in [-0.39, 0.29) is 16.9 Å². The minimum Gasteiger partial charge on any atom is -0.394 e. The molecule has 2 aromatic heterocycles. The number of nitrogens with zero attached hydrogens (tertiary/aromatic N) is 4. The van der Waals surface area contributed by atoms with Crippen LogP contribution in [0.25, 0.3) is 22.6 Å². The number of aromatic nitrogens is 4. The lowest BCUT2D eigenvalue weighted by molar-refractivity contribution is -0.137. The van der Waals surface area contributed by atoms with E-state index in [4.69, 9.17) is 0 Å². The molecule has 11 heteroatoms. The van der Waals surface area contributed by atoms with Gasteiger partial charge in [-0.05, 0) is 62.4 Å². The molecule has 7 nitrogen and oxygen atoms in total. The third-order valence-electron chi connectivity index (χ3n) is 5.63. The summed E-state index contributed by atoms with van der Waals surface area (Å²) in [5.74, 6) is 0. The maximum Gasteiger partial charge on any atom is 0.416 e. The summed E-state index contributed by atoms with van der Waals surface area (Å²) in [6.07, 6.45) is -3.14. The highest BCUT2D eigenvalue weighted by Crippen LogP contribution is 2.31. The van der Waals surface area contributed by atoms with Crippen LogP contribution in [0.4, 0.5) is 13.2 Å². The lowest BCUT2D eigenvalue weighted by Crippen LogP contribution is -2.44. The summed E-state index contributed by atoms with van der Waals surface area (Å²) in [6.45, 7) is 2.45. The van der Waals surface area contributed by atoms with E-state index >= 15 is 0 Å². The van der Waals surface area contributed by atoms with E-state index in [1.54, 1.807) is 30.3 Å². The smallest absolute Gasteiger partial charge is 0.394 e. The van der Waals surface area contributed by atoms with Gasteiger partial charge in [0.1, 0.15) is 0 Å². The molecule has 1 N–H and O–H groups in total. The first-order valence-electron chi connectivity index (χ1n) is 10.5. The maximum atomic E-state index is 13.6. The second-order valence-corrected chi connectivity index (χ2v) is 8.85. The molecule has 35 heavy (non-hydrogen) atoms. The Bertz CT molecular complexity index is 1500. The van der Waals surface area contributed by atoms with Gasteiger partial charge in [-0.15, -0.1) is 0 Å². The first-order chi connectivity index (χ1) is 16.5. The summed E-state index contributed by atoms with van der Waals surface area (Å²) in [6, 6.07) is 12.1. The first kappa shape index (κ1) is 24.7. The molecule has 0 amide bonds. The summed E-state index contributed by atoms with van der Waals surface area (Å²) in [4.78, 5) is 27.0. The molecule has 4 aromatic rings. The Morgan fingerprint density at radius 3 is 2.37 bits per heavy atom. The summed E-state index contributed by atoms with van der Waals surface area (Å²) >= 11 is 3.37. The molecule has 0 aliphatic rings. The van der Waals surface area contributed by atoms with Gasteiger partial charge in [0.2, 0.25) is 0 Å². The van der Waals surface area contributed by atoms with Gasteiger partial charge in [-0.3, -0.25) is 13.9 Å². The fourth-order valence-electron chi connectivity index (χ4n) is 3.90. The Kier molecular flexibility index (Phi) is 6.56. The highest BCUT2D eigenvalue weighted by molar-refractivity contribution is 9.10. The van der Waals surface area contributed by atoms with Gasteiger partial charge in [0, 0.05) is 10.2 Å². The van der Waals surface area contributed by atoms with Crippen LogP contribution in [0, 0.1) is 6.92 Å². The molecule has 0 saturated carbocycles. The summed E-state index contributed by atoms with van der Waals surface area (Å²) < 4.78 is 44.4. The van der Waals surface area contributed by atoms with Crippen LogP contribution in [0.15, 0.2) is 74.9 Å². The Balaban J connectivity index is 2.07. The van der Waals surface area contributed by atoms with Crippen molar-refractivity contribution in [3.63, 3.8) is 0 Å². The predicted octanol–water partition coefficient (Wildman–Crippen LogP) is 4.49. The van der Waals surface area contributed by atoms with E-state index in [2.05, 4.69) is 21.0 Å². The normalized spacial score (nSPS) is 12.7. The molecule has 0 aliphatic carbocycles. The zero-order valence-electron chi connectivity index (χ0n) is 18.6. The van der Waals surface area contributed by atoms with Crippen molar-refractivity contribution in [2.45, 2.75) is 26.1 Å². The van der Waals surface area contributed by atoms with E-state index in [1.165, 1.54) is 36.9 Å². The van der Waals surface area contributed by atoms with Crippen molar-refractivity contribution in [3.8, 4) is 22.6 Å². The van der Waals surface area contributed by atoms with Gasteiger partial charge in [0.15, 0.2) is 0 Å². The van der Waals surface area contributed by atoms with E-state index in [0.29, 0.717) is 11.4 Å². The van der Waals surface area contributed by atoms with Gasteiger partial charge in [-0.2, -0.15) is 18.3 Å². The molecule has 0 spiro atoms. The highest BCUT2D eigenvalue weighted by atomic mass is 79.9. The van der Waals surface area contributed by atoms with E-state index in [0.717, 1.165) is 25.7 Å². The summed E-state index contributed by atoms with van der Waals surface area (Å²) in [7, 11) is 0. The molecule has 4 rings (SSSR count). The Morgan fingerprint density at radius 2 is 1.74 bits per heavy atom. The van der Waals surface area contributed by atoms with Crippen LogP contribution in [-0.2, 0) is 6.18 Å². The monoisotopic (exact) mass is 548 g/mol. The van der Waals surface area contributed by atoms with Crippen LogP contribution in [0.1, 0.15) is 24.2 Å². The minimum atomic E-state index is -4.62. The van der Waals surface area contributed by atoms with Crippen molar-refractivity contribution in [3.05, 3.63) is 97.4 Å². The quantitative estimate of drug-likeness (QED) is 0.398. The molecule has 2 aromatic carbocycles. The van der Waals surface area contributed by atoms with Gasteiger partial charge in [0.05, 0.1) is 47.0 Å². The van der Waals surface area contributed by atoms with Crippen molar-refractivity contribution in [1.82, 2.24) is 18.9 Å². The second-order valence-electron chi connectivity index (χ2n) is 7.94. The molecule has 0 bridgehead atoms. The minimum absolute atomic E-state index is 0.0582. The van der Waals surface area contributed by atoms with Crippen LogP contribution in [-0.4, -0.2) is 30.6 Å². The number of aliphatic hydroxyl groups is 1. The molecule has 0 saturated heterocycles. The molecule has 0 radical (unpaired) electrons. The molecule has 0 aliphatic heterocycles. The zero-order valence-corrected chi connectivity index (χ0v) is 20.2. The average molecular weight is 549 g/mol. The van der Waals surface area contributed by atoms with E-state index in [1.807, 2.05) is 0 Å². The molecule has 182 valence electrons. The number of halogens is 4. The molecular formula is C24H20BrF3N4O3. The maximum absolute atomic E-state index is 13.6. The number of hydrogen-bond donors (Lipinski definition) is 1. The van der Waals surface area contributed by atoms with Crippen LogP contribution >= 0.6 is 15.9 Å². The SMILES string of the molecule is Cc1c(-c2ccnn2-c2ccc(Br)cc2)c(=O)n([C@@H](C)CO)c(=O)n1-c1cccc(C(F)(F)F)c1. The van der Waals surface area contributed by atoms with E-state index < -0.39 is 35.6 Å². The molecule has 0 fully saturated rings. The van der Waals surface area contributed by atoms with E-state index in [9.17, 15) is 27.9 Å². The van der Waals surface area contributed by atoms with Crippen molar-refractivity contribution >= 4 is 15.9 Å². The van der Waals surface area contributed by atoms with Crippen LogP contribution in [0.2, 0.25) is 0 Å². The van der Waals surface area contributed by atoms with Gasteiger partial charge in [-0.1, -0.05) is 22.0 Å². The highest BCUT2D eigenvalue weighted by Gasteiger charge is 2.31. The van der Waals surface area contributed by atoms with Gasteiger partial charge < -0.3 is 5.11 Å². The van der Waals surface area contributed by atoms with Crippen LogP contribution < -0.4 is 11.2 Å². The average Bonchev–Trinajstić information content (AvgIpc) is 3.28. The zero-order chi connectivity index (χ0) is 25.5. The molecule has 1 atom stereocenters. The number of alkyl halides is 3. The van der Waals surface area contributed by atoms with Gasteiger partial charge in [-0.25, -0.2) is 9.48 Å². The number of hydrogen-bond acceptors (Lipinski definition) is 4. The lowest BCUT2D eigenvalue weighted by atomic mass is 10.1. The van der Waals surface area contributed by atoms with Crippen molar-refractivity contribution in [2.24, 2.45) is 0 Å². The van der Waals surface area contributed by atoms with Crippen molar-refractivity contribution < 1.29 is 18.3 Å². The molecule has 0 unspecified atom stereocenters. The van der Waals surface area contributed by atoms with Gasteiger partial charge >= 0.3 is 11.9 Å². The fourth-order valence-corrected chi connectivity index (χ4v) is 4.16. The number of rotatable bonds is 5. The topological polar surface area (TPSA) is 82.1 Å². The second kappa shape index (κ2) is 9.31. The first-order valence-corrected chi connectivity index (χ1v) is 11.3. The standard InChI is InChI=1S/C24H20BrF3N4O3/c1-14(13-33)30-22(34)21(20-10-11-29-32(20)18-8-6-17(25)7-9-18)15(2)31(23(30)35)19-5-3-4-16(12-19)24(26,27)28/h3-12,14,33H,13H2,1-2H3/t14-/m0/s1. The van der Waals surface area contributed by atoms with Gasteiger partial charge in [0.25, 0.3) is 5.56 Å². The predicted molar refractivity (Wildman–Crippen MR) is 128 cm³/mol. The number of aliphatic hydroxyl groups excluding tert-OH is 1. The third-order valence-corrected chi connectivity index (χ3v) is 6.16. The van der Waals surface area contributed by atoms with Crippen LogP contribution in [0.3, 0.4) is 0 Å². The largest absolute Gasteiger partial charge is 0.416 e. The van der Waals surface area contributed by atoms with Crippen molar-refractivity contribution in [1.29, 1.82) is 0 Å². The Hall–Kier alpha value is -3.44. The molecular weight excluding hydrogens is 529 g/mol. The summed E-state index contributed by atoms with van der Waals surface area (Å²) in [5, 5.41) is 14.0. The van der Waals surface area contributed by atoms with Crippen molar-refractivity contribution in [2.75, 3.05) is 6.61 Å². The Labute approximate surface area is 205 Å².